The van der Waals surface area contributed by atoms with E-state index in [1.165, 1.54) is 0 Å². The number of amides is 1. The summed E-state index contributed by atoms with van der Waals surface area (Å²) in [6.07, 6.45) is -3.29. The van der Waals surface area contributed by atoms with Gasteiger partial charge >= 0.3 is 6.18 Å². The first kappa shape index (κ1) is 15.3. The molecule has 1 aromatic rings. The van der Waals surface area contributed by atoms with Gasteiger partial charge in [0.1, 0.15) is 5.75 Å². The van der Waals surface area contributed by atoms with Crippen LogP contribution in [0.3, 0.4) is 0 Å². The number of benzene rings is 1. The smallest absolute Gasteiger partial charge is 0.416 e. The molecule has 0 saturated carbocycles. The number of ether oxygens (including phenoxy) is 1. The highest BCUT2D eigenvalue weighted by Crippen LogP contribution is 2.33. The predicted octanol–water partition coefficient (Wildman–Crippen LogP) is 3.37. The van der Waals surface area contributed by atoms with Crippen molar-refractivity contribution >= 4 is 5.91 Å². The minimum Gasteiger partial charge on any atom is -0.490 e. The molecule has 6 heteroatoms. The molecule has 0 saturated heterocycles. The summed E-state index contributed by atoms with van der Waals surface area (Å²) in [4.78, 5) is 11.2. The zero-order chi connectivity index (χ0) is 14.6. The topological polar surface area (TPSA) is 52.3 Å². The lowest BCUT2D eigenvalue weighted by Crippen LogP contribution is -2.19. The Morgan fingerprint density at radius 3 is 2.32 bits per heavy atom. The van der Waals surface area contributed by atoms with Gasteiger partial charge in [-0.3, -0.25) is 4.79 Å². The number of carbonyl (C=O) groups is 1. The van der Waals surface area contributed by atoms with Gasteiger partial charge in [0.05, 0.1) is 17.2 Å². The average molecular weight is 275 g/mol. The van der Waals surface area contributed by atoms with E-state index in [-0.39, 0.29) is 17.4 Å². The molecular weight excluding hydrogens is 259 g/mol. The number of carbonyl (C=O) groups excluding carboxylic acids is 1. The molecule has 1 rings (SSSR count). The van der Waals surface area contributed by atoms with E-state index in [9.17, 15) is 18.0 Å². The first-order valence-corrected chi connectivity index (χ1v) is 5.97. The summed E-state index contributed by atoms with van der Waals surface area (Å²) in [6.45, 7) is 3.78. The maximum atomic E-state index is 12.6. The van der Waals surface area contributed by atoms with Gasteiger partial charge in [-0.15, -0.1) is 0 Å². The molecule has 0 atom stereocenters. The van der Waals surface area contributed by atoms with Gasteiger partial charge < -0.3 is 10.5 Å². The van der Waals surface area contributed by atoms with Gasteiger partial charge in [-0.1, -0.05) is 13.8 Å². The van der Waals surface area contributed by atoms with Gasteiger partial charge in [-0.05, 0) is 31.0 Å². The number of nitrogens with two attached hydrogens (primary N) is 1. The van der Waals surface area contributed by atoms with E-state index in [1.54, 1.807) is 0 Å². The van der Waals surface area contributed by atoms with Gasteiger partial charge in [-0.25, -0.2) is 0 Å². The Morgan fingerprint density at radius 2 is 1.89 bits per heavy atom. The normalized spacial score (nSPS) is 11.7. The van der Waals surface area contributed by atoms with Crippen LogP contribution in [0.25, 0.3) is 0 Å². The maximum absolute atomic E-state index is 12.6. The fourth-order valence-corrected chi connectivity index (χ4v) is 1.64. The first-order chi connectivity index (χ1) is 8.79. The van der Waals surface area contributed by atoms with Crippen molar-refractivity contribution in [3.05, 3.63) is 29.3 Å². The number of hydrogen-bond donors (Lipinski definition) is 1. The molecule has 0 bridgehead atoms. The lowest BCUT2D eigenvalue weighted by atomic mass is 10.1. The van der Waals surface area contributed by atoms with Crippen LogP contribution < -0.4 is 10.5 Å². The van der Waals surface area contributed by atoms with Crippen LogP contribution in [0.15, 0.2) is 18.2 Å². The fraction of sp³-hybridized carbons (Fsp3) is 0.462. The molecule has 2 N–H and O–H groups in total. The number of hydrogen-bond acceptors (Lipinski definition) is 2. The van der Waals surface area contributed by atoms with Crippen molar-refractivity contribution < 1.29 is 22.7 Å². The standard InChI is InChI=1S/C13H16F3NO2/c1-3-9(4-2)19-11-6-5-8(13(14,15)16)7-10(11)12(17)18/h5-7,9H,3-4H2,1-2H3,(H2,17,18). The van der Waals surface area contributed by atoms with Gasteiger partial charge in [0, 0.05) is 0 Å². The molecule has 0 aliphatic carbocycles. The average Bonchev–Trinajstić information content (AvgIpc) is 2.34. The van der Waals surface area contributed by atoms with Crippen LogP contribution in [0.1, 0.15) is 42.6 Å². The molecule has 1 aromatic carbocycles. The third-order valence-electron chi connectivity index (χ3n) is 2.78. The van der Waals surface area contributed by atoms with E-state index in [0.717, 1.165) is 18.2 Å². The van der Waals surface area contributed by atoms with Gasteiger partial charge in [0.25, 0.3) is 5.91 Å². The van der Waals surface area contributed by atoms with Gasteiger partial charge in [-0.2, -0.15) is 13.2 Å². The molecule has 106 valence electrons. The molecule has 0 unspecified atom stereocenters. The summed E-state index contributed by atoms with van der Waals surface area (Å²) in [5.74, 6) is -0.846. The lowest BCUT2D eigenvalue weighted by molar-refractivity contribution is -0.137. The largest absolute Gasteiger partial charge is 0.490 e. The number of primary amides is 1. The zero-order valence-electron chi connectivity index (χ0n) is 10.8. The molecule has 19 heavy (non-hydrogen) atoms. The minimum atomic E-state index is -4.52. The van der Waals surface area contributed by atoms with Crippen molar-refractivity contribution in [3.63, 3.8) is 0 Å². The van der Waals surface area contributed by atoms with Gasteiger partial charge in [0.2, 0.25) is 0 Å². The molecule has 1 amide bonds. The summed E-state index contributed by atoms with van der Waals surface area (Å²) in [7, 11) is 0. The number of alkyl halides is 3. The second-order valence-electron chi connectivity index (χ2n) is 4.13. The van der Waals surface area contributed by atoms with E-state index in [1.807, 2.05) is 13.8 Å². The molecule has 0 heterocycles. The second-order valence-corrected chi connectivity index (χ2v) is 4.13. The minimum absolute atomic E-state index is 0.0919. The Balaban J connectivity index is 3.15. The summed E-state index contributed by atoms with van der Waals surface area (Å²) in [5, 5.41) is 0. The third kappa shape index (κ3) is 3.87. The van der Waals surface area contributed by atoms with E-state index in [4.69, 9.17) is 10.5 Å². The van der Waals surface area contributed by atoms with Crippen molar-refractivity contribution in [3.8, 4) is 5.75 Å². The van der Waals surface area contributed by atoms with Crippen molar-refractivity contribution in [2.24, 2.45) is 5.73 Å². The summed E-state index contributed by atoms with van der Waals surface area (Å²) >= 11 is 0. The van der Waals surface area contributed by atoms with E-state index < -0.39 is 17.6 Å². The van der Waals surface area contributed by atoms with Crippen molar-refractivity contribution in [1.82, 2.24) is 0 Å². The lowest BCUT2D eigenvalue weighted by Gasteiger charge is -2.18. The molecule has 0 radical (unpaired) electrons. The van der Waals surface area contributed by atoms with Crippen LogP contribution in [0.4, 0.5) is 13.2 Å². The Bertz CT molecular complexity index is 454. The van der Waals surface area contributed by atoms with Crippen LogP contribution in [-0.4, -0.2) is 12.0 Å². The number of rotatable bonds is 5. The van der Waals surface area contributed by atoms with Crippen LogP contribution in [0.2, 0.25) is 0 Å². The van der Waals surface area contributed by atoms with E-state index in [0.29, 0.717) is 12.8 Å². The maximum Gasteiger partial charge on any atom is 0.416 e. The zero-order valence-corrected chi connectivity index (χ0v) is 10.8. The molecule has 0 aliphatic heterocycles. The first-order valence-electron chi connectivity index (χ1n) is 5.97. The Morgan fingerprint density at radius 1 is 1.32 bits per heavy atom. The highest BCUT2D eigenvalue weighted by atomic mass is 19.4. The Labute approximate surface area is 109 Å². The van der Waals surface area contributed by atoms with Crippen LogP contribution in [0, 0.1) is 0 Å². The quantitative estimate of drug-likeness (QED) is 0.895. The molecule has 0 spiro atoms. The van der Waals surface area contributed by atoms with Crippen LogP contribution in [-0.2, 0) is 6.18 Å². The SMILES string of the molecule is CCC(CC)Oc1ccc(C(F)(F)F)cc1C(N)=O. The Hall–Kier alpha value is -1.72. The number of halogens is 3. The summed E-state index contributed by atoms with van der Waals surface area (Å²) in [5.41, 5.74) is 3.93. The van der Waals surface area contributed by atoms with E-state index in [2.05, 4.69) is 0 Å². The summed E-state index contributed by atoms with van der Waals surface area (Å²) < 4.78 is 43.2. The highest BCUT2D eigenvalue weighted by Gasteiger charge is 2.32. The van der Waals surface area contributed by atoms with Crippen molar-refractivity contribution in [1.29, 1.82) is 0 Å². The molecule has 3 nitrogen and oxygen atoms in total. The monoisotopic (exact) mass is 275 g/mol. The predicted molar refractivity (Wildman–Crippen MR) is 65.0 cm³/mol. The highest BCUT2D eigenvalue weighted by molar-refractivity contribution is 5.95. The van der Waals surface area contributed by atoms with Gasteiger partial charge in [0.15, 0.2) is 0 Å². The molecule has 0 fully saturated rings. The van der Waals surface area contributed by atoms with E-state index >= 15 is 0 Å². The Kier molecular flexibility index (Phi) is 4.80. The summed E-state index contributed by atoms with van der Waals surface area (Å²) in [6, 6.07) is 2.74. The van der Waals surface area contributed by atoms with Crippen LogP contribution in [0.5, 0.6) is 5.75 Å². The van der Waals surface area contributed by atoms with Crippen molar-refractivity contribution in [2.45, 2.75) is 39.0 Å². The molecule has 0 aromatic heterocycles. The molecular formula is C13H16F3NO2. The second kappa shape index (κ2) is 5.95. The fourth-order valence-electron chi connectivity index (χ4n) is 1.64. The van der Waals surface area contributed by atoms with Crippen molar-refractivity contribution in [2.75, 3.05) is 0 Å². The third-order valence-corrected chi connectivity index (χ3v) is 2.78. The van der Waals surface area contributed by atoms with Crippen LogP contribution >= 0.6 is 0 Å². The molecule has 0 aliphatic rings.